The Bertz CT molecular complexity index is 718. The van der Waals surface area contributed by atoms with Crippen molar-refractivity contribution in [2.24, 2.45) is 0 Å². The fourth-order valence-electron chi connectivity index (χ4n) is 1.86. The lowest BCUT2D eigenvalue weighted by molar-refractivity contribution is 0.102. The molecular weight excluding hydrogens is 245 g/mol. The third-order valence-electron chi connectivity index (χ3n) is 2.80. The van der Waals surface area contributed by atoms with Gasteiger partial charge >= 0.3 is 0 Å². The van der Waals surface area contributed by atoms with Crippen molar-refractivity contribution in [2.45, 2.75) is 0 Å². The first-order valence-electron chi connectivity index (χ1n) is 5.72. The second-order valence-corrected chi connectivity index (χ2v) is 4.08. The Labute approximate surface area is 108 Å². The van der Waals surface area contributed by atoms with Crippen LogP contribution in [0.15, 0.2) is 48.8 Å². The van der Waals surface area contributed by atoms with E-state index in [1.807, 2.05) is 24.3 Å². The number of para-hydroxylation sites is 1. The fourth-order valence-corrected chi connectivity index (χ4v) is 1.86. The van der Waals surface area contributed by atoms with Gasteiger partial charge in [-0.25, -0.2) is 4.39 Å². The second kappa shape index (κ2) is 4.53. The zero-order valence-corrected chi connectivity index (χ0v) is 9.85. The first-order valence-corrected chi connectivity index (χ1v) is 5.72. The van der Waals surface area contributed by atoms with E-state index < -0.39 is 5.82 Å². The maximum atomic E-state index is 13.4. The fraction of sp³-hybridized carbons (Fsp3) is 0. The van der Waals surface area contributed by atoms with Crippen LogP contribution < -0.4 is 5.32 Å². The van der Waals surface area contributed by atoms with Crippen LogP contribution in [0.3, 0.4) is 0 Å². The van der Waals surface area contributed by atoms with Crippen LogP contribution >= 0.6 is 0 Å². The minimum absolute atomic E-state index is 0.110. The van der Waals surface area contributed by atoms with E-state index in [4.69, 9.17) is 0 Å². The van der Waals surface area contributed by atoms with Gasteiger partial charge in [-0.3, -0.25) is 9.78 Å². The number of nitrogens with zero attached hydrogens (tertiary/aromatic N) is 1. The van der Waals surface area contributed by atoms with Crippen molar-refractivity contribution in [3.8, 4) is 0 Å². The summed E-state index contributed by atoms with van der Waals surface area (Å²) in [6.45, 7) is 0. The molecule has 3 rings (SSSR count). The van der Waals surface area contributed by atoms with E-state index in [-0.39, 0.29) is 11.6 Å². The van der Waals surface area contributed by atoms with Crippen molar-refractivity contribution >= 4 is 22.5 Å². The molecule has 4 nitrogen and oxygen atoms in total. The molecule has 19 heavy (non-hydrogen) atoms. The van der Waals surface area contributed by atoms with Crippen LogP contribution in [0.2, 0.25) is 0 Å². The van der Waals surface area contributed by atoms with Gasteiger partial charge < -0.3 is 10.3 Å². The molecule has 0 fully saturated rings. The number of halogens is 1. The van der Waals surface area contributed by atoms with Gasteiger partial charge in [0, 0.05) is 17.1 Å². The number of pyridine rings is 1. The molecule has 0 saturated heterocycles. The summed E-state index contributed by atoms with van der Waals surface area (Å²) in [5.74, 6) is -0.951. The van der Waals surface area contributed by atoms with Gasteiger partial charge in [0.05, 0.1) is 11.9 Å². The van der Waals surface area contributed by atoms with Crippen LogP contribution in [0.4, 0.5) is 10.1 Å². The van der Waals surface area contributed by atoms with Gasteiger partial charge in [-0.05, 0) is 18.2 Å². The van der Waals surface area contributed by atoms with E-state index >= 15 is 0 Å². The smallest absolute Gasteiger partial charge is 0.272 e. The van der Waals surface area contributed by atoms with Crippen LogP contribution in [-0.2, 0) is 0 Å². The third kappa shape index (κ3) is 2.18. The number of carbonyl (C=O) groups excluding carboxylic acids is 1. The topological polar surface area (TPSA) is 57.8 Å². The second-order valence-electron chi connectivity index (χ2n) is 4.08. The third-order valence-corrected chi connectivity index (χ3v) is 2.80. The number of hydrogen-bond donors (Lipinski definition) is 2. The first kappa shape index (κ1) is 11.4. The Hall–Kier alpha value is -2.69. The van der Waals surface area contributed by atoms with E-state index in [1.54, 1.807) is 6.07 Å². The molecule has 0 bridgehead atoms. The highest BCUT2D eigenvalue weighted by Crippen LogP contribution is 2.17. The SMILES string of the molecule is O=C(Nc1ccncc1F)c1cc2ccccc2[nH]1. The average molecular weight is 255 g/mol. The number of rotatable bonds is 2. The molecule has 2 N–H and O–H groups in total. The minimum atomic E-state index is -0.563. The molecule has 3 aromatic rings. The Kier molecular flexibility index (Phi) is 2.72. The molecular formula is C14H10FN3O. The molecule has 2 aromatic heterocycles. The van der Waals surface area contributed by atoms with E-state index in [1.165, 1.54) is 12.3 Å². The van der Waals surface area contributed by atoms with Crippen molar-refractivity contribution in [1.82, 2.24) is 9.97 Å². The number of amides is 1. The molecule has 2 heterocycles. The molecule has 0 unspecified atom stereocenters. The quantitative estimate of drug-likeness (QED) is 0.739. The van der Waals surface area contributed by atoms with Crippen molar-refractivity contribution < 1.29 is 9.18 Å². The zero-order chi connectivity index (χ0) is 13.2. The van der Waals surface area contributed by atoms with Crippen molar-refractivity contribution in [3.05, 3.63) is 60.3 Å². The number of anilines is 1. The average Bonchev–Trinajstić information content (AvgIpc) is 2.85. The van der Waals surface area contributed by atoms with Gasteiger partial charge in [-0.2, -0.15) is 0 Å². The predicted octanol–water partition coefficient (Wildman–Crippen LogP) is 2.95. The Balaban J connectivity index is 1.90. The highest BCUT2D eigenvalue weighted by Gasteiger charge is 2.11. The van der Waals surface area contributed by atoms with Gasteiger partial charge in [0.15, 0.2) is 5.82 Å². The highest BCUT2D eigenvalue weighted by atomic mass is 19.1. The Morgan fingerprint density at radius 1 is 1.26 bits per heavy atom. The number of H-pyrrole nitrogens is 1. The molecule has 1 aromatic carbocycles. The van der Waals surface area contributed by atoms with Gasteiger partial charge in [-0.15, -0.1) is 0 Å². The summed E-state index contributed by atoms with van der Waals surface area (Å²) >= 11 is 0. The van der Waals surface area contributed by atoms with Crippen molar-refractivity contribution in [2.75, 3.05) is 5.32 Å². The summed E-state index contributed by atoms with van der Waals surface area (Å²) < 4.78 is 13.4. The van der Waals surface area contributed by atoms with Crippen LogP contribution in [0.25, 0.3) is 10.9 Å². The lowest BCUT2D eigenvalue weighted by atomic mass is 10.2. The highest BCUT2D eigenvalue weighted by molar-refractivity contribution is 6.05. The summed E-state index contributed by atoms with van der Waals surface area (Å²) in [5, 5.41) is 3.44. The van der Waals surface area contributed by atoms with Gasteiger partial charge in [-0.1, -0.05) is 18.2 Å². The molecule has 5 heteroatoms. The summed E-state index contributed by atoms with van der Waals surface area (Å²) in [7, 11) is 0. The Morgan fingerprint density at radius 3 is 2.89 bits per heavy atom. The maximum Gasteiger partial charge on any atom is 0.272 e. The molecule has 0 spiro atoms. The number of aromatic nitrogens is 2. The number of benzene rings is 1. The lowest BCUT2D eigenvalue weighted by Crippen LogP contribution is -2.13. The number of fused-ring (bicyclic) bond motifs is 1. The van der Waals surface area contributed by atoms with Crippen LogP contribution in [0.1, 0.15) is 10.5 Å². The minimum Gasteiger partial charge on any atom is -0.351 e. The lowest BCUT2D eigenvalue weighted by Gasteiger charge is -2.03. The van der Waals surface area contributed by atoms with Crippen molar-refractivity contribution in [1.29, 1.82) is 0 Å². The summed E-state index contributed by atoms with van der Waals surface area (Å²) in [4.78, 5) is 18.6. The predicted molar refractivity (Wildman–Crippen MR) is 70.4 cm³/mol. The maximum absolute atomic E-state index is 13.4. The zero-order valence-electron chi connectivity index (χ0n) is 9.85. The molecule has 1 amide bonds. The number of hydrogen-bond acceptors (Lipinski definition) is 2. The summed E-state index contributed by atoms with van der Waals surface area (Å²) in [6, 6.07) is 10.7. The van der Waals surface area contributed by atoms with Crippen LogP contribution in [0, 0.1) is 5.82 Å². The van der Waals surface area contributed by atoms with E-state index in [0.717, 1.165) is 17.1 Å². The Morgan fingerprint density at radius 2 is 2.11 bits per heavy atom. The monoisotopic (exact) mass is 255 g/mol. The molecule has 0 saturated carbocycles. The number of nitrogens with one attached hydrogen (secondary N) is 2. The van der Waals surface area contributed by atoms with Gasteiger partial charge in [0.25, 0.3) is 5.91 Å². The molecule has 0 aliphatic rings. The van der Waals surface area contributed by atoms with Crippen molar-refractivity contribution in [3.63, 3.8) is 0 Å². The van der Waals surface area contributed by atoms with Gasteiger partial charge in [0.1, 0.15) is 5.69 Å². The number of carbonyl (C=O) groups is 1. The van der Waals surface area contributed by atoms with Crippen LogP contribution in [-0.4, -0.2) is 15.9 Å². The summed E-state index contributed by atoms with van der Waals surface area (Å²) in [5.41, 5.74) is 1.36. The number of aromatic amines is 1. The van der Waals surface area contributed by atoms with Gasteiger partial charge in [0.2, 0.25) is 0 Å². The van der Waals surface area contributed by atoms with E-state index in [2.05, 4.69) is 15.3 Å². The standard InChI is InChI=1S/C14H10FN3O/c15-10-8-16-6-5-12(10)18-14(19)13-7-9-3-1-2-4-11(9)17-13/h1-8,17H,(H,16,18,19). The van der Waals surface area contributed by atoms with Crippen LogP contribution in [0.5, 0.6) is 0 Å². The normalized spacial score (nSPS) is 10.6. The summed E-state index contributed by atoms with van der Waals surface area (Å²) in [6.07, 6.45) is 2.48. The molecule has 94 valence electrons. The molecule has 0 radical (unpaired) electrons. The largest absolute Gasteiger partial charge is 0.351 e. The molecule has 0 atom stereocenters. The van der Waals surface area contributed by atoms with E-state index in [9.17, 15) is 9.18 Å². The first-order chi connectivity index (χ1) is 9.24. The van der Waals surface area contributed by atoms with E-state index in [0.29, 0.717) is 5.69 Å². The molecule has 0 aliphatic heterocycles. The molecule has 0 aliphatic carbocycles.